The van der Waals surface area contributed by atoms with Crippen molar-refractivity contribution in [2.24, 2.45) is 0 Å². The maximum Gasteiger partial charge on any atom is 0.249 e. The van der Waals surface area contributed by atoms with E-state index >= 15 is 0 Å². The van der Waals surface area contributed by atoms with Crippen molar-refractivity contribution in [3.8, 4) is 11.5 Å². The second-order valence-corrected chi connectivity index (χ2v) is 7.52. The van der Waals surface area contributed by atoms with Crippen LogP contribution in [0.4, 0.5) is 0 Å². The predicted octanol–water partition coefficient (Wildman–Crippen LogP) is 5.27. The molecule has 7 heteroatoms. The Bertz CT molecular complexity index is 830. The van der Waals surface area contributed by atoms with Crippen LogP contribution in [-0.4, -0.2) is 21.1 Å². The fourth-order valence-corrected chi connectivity index (χ4v) is 3.78. The number of aromatic nitrogens is 2. The molecule has 4 rings (SSSR count). The first kappa shape index (κ1) is 16.1. The highest BCUT2D eigenvalue weighted by molar-refractivity contribution is 7.07. The number of nitrogens with zero attached hydrogens (tertiary/aromatic N) is 3. The molecule has 0 saturated heterocycles. The van der Waals surface area contributed by atoms with Gasteiger partial charge >= 0.3 is 0 Å². The van der Waals surface area contributed by atoms with Gasteiger partial charge in [0.25, 0.3) is 0 Å². The molecule has 0 bridgehead atoms. The molecule has 1 fully saturated rings. The molecule has 1 aliphatic carbocycles. The zero-order valence-electron chi connectivity index (χ0n) is 12.8. The average Bonchev–Trinajstić information content (AvgIpc) is 3.08. The lowest BCUT2D eigenvalue weighted by Gasteiger charge is -2.19. The van der Waals surface area contributed by atoms with Gasteiger partial charge in [-0.1, -0.05) is 23.2 Å². The van der Waals surface area contributed by atoms with Crippen LogP contribution in [-0.2, 0) is 13.1 Å². The van der Waals surface area contributed by atoms with E-state index in [1.54, 1.807) is 29.5 Å². The van der Waals surface area contributed by atoms with Gasteiger partial charge in [0.2, 0.25) is 11.8 Å². The van der Waals surface area contributed by atoms with Gasteiger partial charge in [-0.2, -0.15) is 11.3 Å². The van der Waals surface area contributed by atoms with Gasteiger partial charge in [0.15, 0.2) is 0 Å². The fraction of sp³-hybridized carbons (Fsp3) is 0.294. The summed E-state index contributed by atoms with van der Waals surface area (Å²) in [6.45, 7) is 1.56. The molecular weight excluding hydrogens is 365 g/mol. The Morgan fingerprint density at radius 3 is 2.75 bits per heavy atom. The lowest BCUT2D eigenvalue weighted by Crippen LogP contribution is -2.25. The minimum atomic E-state index is 0.429. The molecule has 0 radical (unpaired) electrons. The summed E-state index contributed by atoms with van der Waals surface area (Å²) in [5.74, 6) is 1.04. The largest absolute Gasteiger partial charge is 0.419 e. The summed E-state index contributed by atoms with van der Waals surface area (Å²) in [6, 6.07) is 8.01. The topological polar surface area (TPSA) is 42.2 Å². The third-order valence-electron chi connectivity index (χ3n) is 4.00. The van der Waals surface area contributed by atoms with E-state index in [0.29, 0.717) is 40.0 Å². The lowest BCUT2D eigenvalue weighted by molar-refractivity contribution is 0.221. The van der Waals surface area contributed by atoms with Crippen molar-refractivity contribution in [1.82, 2.24) is 15.1 Å². The maximum absolute atomic E-state index is 6.21. The van der Waals surface area contributed by atoms with Gasteiger partial charge in [-0.3, -0.25) is 4.90 Å². The van der Waals surface area contributed by atoms with Gasteiger partial charge in [-0.15, -0.1) is 10.2 Å². The molecule has 0 unspecified atom stereocenters. The van der Waals surface area contributed by atoms with E-state index < -0.39 is 0 Å². The number of thiophene rings is 1. The average molecular weight is 380 g/mol. The van der Waals surface area contributed by atoms with E-state index in [0.717, 1.165) is 6.54 Å². The number of rotatable bonds is 6. The monoisotopic (exact) mass is 379 g/mol. The summed E-state index contributed by atoms with van der Waals surface area (Å²) in [6.07, 6.45) is 2.46. The van der Waals surface area contributed by atoms with E-state index in [2.05, 4.69) is 31.9 Å². The normalized spacial score (nSPS) is 14.5. The molecule has 0 N–H and O–H groups in total. The summed E-state index contributed by atoms with van der Waals surface area (Å²) in [7, 11) is 0. The molecular formula is C17H15Cl2N3OS. The maximum atomic E-state index is 6.21. The molecule has 0 spiro atoms. The Kier molecular flexibility index (Phi) is 4.59. The first-order chi connectivity index (χ1) is 11.7. The second-order valence-electron chi connectivity index (χ2n) is 5.89. The highest BCUT2D eigenvalue weighted by atomic mass is 35.5. The zero-order chi connectivity index (χ0) is 16.5. The van der Waals surface area contributed by atoms with Gasteiger partial charge < -0.3 is 4.42 Å². The second kappa shape index (κ2) is 6.84. The van der Waals surface area contributed by atoms with Crippen molar-refractivity contribution < 1.29 is 4.42 Å². The molecule has 1 aromatic carbocycles. The molecule has 124 valence electrons. The third kappa shape index (κ3) is 3.64. The Morgan fingerprint density at radius 1 is 1.17 bits per heavy atom. The number of hydrogen-bond donors (Lipinski definition) is 0. The molecule has 1 aliphatic rings. The quantitative estimate of drug-likeness (QED) is 0.584. The number of halogens is 2. The van der Waals surface area contributed by atoms with Gasteiger partial charge in [0.05, 0.1) is 17.1 Å². The molecule has 3 aromatic rings. The lowest BCUT2D eigenvalue weighted by atomic mass is 10.2. The van der Waals surface area contributed by atoms with Crippen LogP contribution in [0.15, 0.2) is 39.4 Å². The highest BCUT2D eigenvalue weighted by Crippen LogP contribution is 2.32. The van der Waals surface area contributed by atoms with Gasteiger partial charge in [0, 0.05) is 17.6 Å². The van der Waals surface area contributed by atoms with Gasteiger partial charge in [-0.25, -0.2) is 0 Å². The van der Waals surface area contributed by atoms with Crippen LogP contribution in [0.1, 0.15) is 24.3 Å². The molecule has 24 heavy (non-hydrogen) atoms. The summed E-state index contributed by atoms with van der Waals surface area (Å²) in [5.41, 5.74) is 2.03. The molecule has 2 heterocycles. The van der Waals surface area contributed by atoms with Crippen LogP contribution in [0.3, 0.4) is 0 Å². The van der Waals surface area contributed by atoms with Crippen molar-refractivity contribution >= 4 is 34.5 Å². The highest BCUT2D eigenvalue weighted by Gasteiger charge is 2.30. The summed E-state index contributed by atoms with van der Waals surface area (Å²) in [4.78, 5) is 2.39. The van der Waals surface area contributed by atoms with Crippen LogP contribution >= 0.6 is 34.5 Å². The van der Waals surface area contributed by atoms with E-state index in [-0.39, 0.29) is 0 Å². The van der Waals surface area contributed by atoms with Crippen molar-refractivity contribution in [3.63, 3.8) is 0 Å². The summed E-state index contributed by atoms with van der Waals surface area (Å²) < 4.78 is 5.83. The molecule has 2 aromatic heterocycles. The summed E-state index contributed by atoms with van der Waals surface area (Å²) in [5, 5.41) is 13.7. The van der Waals surface area contributed by atoms with Crippen LogP contribution in [0.5, 0.6) is 0 Å². The SMILES string of the molecule is Clc1ccc(-c2nnc(CN(Cc3ccsc3)C3CC3)o2)c(Cl)c1. The van der Waals surface area contributed by atoms with E-state index in [9.17, 15) is 0 Å². The smallest absolute Gasteiger partial charge is 0.249 e. The summed E-state index contributed by atoms with van der Waals surface area (Å²) >= 11 is 13.9. The minimum absolute atomic E-state index is 0.429. The molecule has 4 nitrogen and oxygen atoms in total. The molecule has 0 amide bonds. The van der Waals surface area contributed by atoms with Crippen molar-refractivity contribution in [1.29, 1.82) is 0 Å². The Balaban J connectivity index is 1.51. The minimum Gasteiger partial charge on any atom is -0.419 e. The Labute approximate surface area is 154 Å². The number of hydrogen-bond acceptors (Lipinski definition) is 5. The van der Waals surface area contributed by atoms with E-state index in [1.165, 1.54) is 18.4 Å². The molecule has 1 saturated carbocycles. The van der Waals surface area contributed by atoms with Crippen LogP contribution in [0.25, 0.3) is 11.5 Å². The van der Waals surface area contributed by atoms with Crippen LogP contribution in [0, 0.1) is 0 Å². The van der Waals surface area contributed by atoms with E-state index in [4.69, 9.17) is 27.6 Å². The van der Waals surface area contributed by atoms with Gasteiger partial charge in [0.1, 0.15) is 0 Å². The third-order valence-corrected chi connectivity index (χ3v) is 5.28. The molecule has 0 atom stereocenters. The Morgan fingerprint density at radius 2 is 2.04 bits per heavy atom. The van der Waals surface area contributed by atoms with Crippen LogP contribution in [0.2, 0.25) is 10.0 Å². The zero-order valence-corrected chi connectivity index (χ0v) is 15.1. The molecule has 0 aliphatic heterocycles. The Hall–Kier alpha value is -1.40. The standard InChI is InChI=1S/C17H15Cl2N3OS/c18-12-1-4-14(15(19)7-12)17-21-20-16(23-17)9-22(13-2-3-13)8-11-5-6-24-10-11/h1,4-7,10,13H,2-3,8-9H2. The first-order valence-corrected chi connectivity index (χ1v) is 9.42. The van der Waals surface area contributed by atoms with Crippen LogP contribution < -0.4 is 0 Å². The van der Waals surface area contributed by atoms with Crippen molar-refractivity contribution in [2.45, 2.75) is 32.0 Å². The van der Waals surface area contributed by atoms with Gasteiger partial charge in [-0.05, 0) is 53.4 Å². The van der Waals surface area contributed by atoms with Crippen molar-refractivity contribution in [3.05, 3.63) is 56.5 Å². The number of benzene rings is 1. The predicted molar refractivity (Wildman–Crippen MR) is 96.3 cm³/mol. The fourth-order valence-electron chi connectivity index (χ4n) is 2.63. The van der Waals surface area contributed by atoms with E-state index in [1.807, 2.05) is 0 Å². The first-order valence-electron chi connectivity index (χ1n) is 7.72. The van der Waals surface area contributed by atoms with Crippen molar-refractivity contribution in [2.75, 3.05) is 0 Å².